The van der Waals surface area contributed by atoms with E-state index in [9.17, 15) is 14.0 Å². The van der Waals surface area contributed by atoms with Crippen LogP contribution in [0.25, 0.3) is 0 Å². The first kappa shape index (κ1) is 14.9. The molecule has 0 saturated carbocycles. The highest BCUT2D eigenvalue weighted by Crippen LogP contribution is 2.20. The van der Waals surface area contributed by atoms with Gasteiger partial charge in [-0.25, -0.2) is 14.2 Å². The number of aromatic nitrogens is 1. The summed E-state index contributed by atoms with van der Waals surface area (Å²) >= 11 is 5.82. The zero-order chi connectivity index (χ0) is 15.4. The fourth-order valence-corrected chi connectivity index (χ4v) is 1.85. The predicted molar refractivity (Wildman–Crippen MR) is 74.9 cm³/mol. The number of hydrogen-bond acceptors (Lipinski definition) is 4. The van der Waals surface area contributed by atoms with Gasteiger partial charge in [0.25, 0.3) is 5.91 Å². The SMILES string of the molecule is COC(=O)c1cc(F)ccc1NC(=O)c1cccnc1Cl. The lowest BCUT2D eigenvalue weighted by molar-refractivity contribution is 0.0601. The fraction of sp³-hybridized carbons (Fsp3) is 0.0714. The van der Waals surface area contributed by atoms with E-state index in [1.54, 1.807) is 6.07 Å². The monoisotopic (exact) mass is 308 g/mol. The summed E-state index contributed by atoms with van der Waals surface area (Å²) < 4.78 is 17.8. The van der Waals surface area contributed by atoms with E-state index in [1.807, 2.05) is 0 Å². The lowest BCUT2D eigenvalue weighted by Gasteiger charge is -2.10. The number of pyridine rings is 1. The van der Waals surface area contributed by atoms with Gasteiger partial charge in [-0.1, -0.05) is 11.6 Å². The van der Waals surface area contributed by atoms with E-state index >= 15 is 0 Å². The number of halogens is 2. The molecule has 0 saturated heterocycles. The molecule has 1 heterocycles. The summed E-state index contributed by atoms with van der Waals surface area (Å²) in [6.07, 6.45) is 1.44. The summed E-state index contributed by atoms with van der Waals surface area (Å²) in [6.45, 7) is 0. The molecule has 2 rings (SSSR count). The molecule has 0 unspecified atom stereocenters. The highest BCUT2D eigenvalue weighted by molar-refractivity contribution is 6.33. The summed E-state index contributed by atoms with van der Waals surface area (Å²) in [6, 6.07) is 6.39. The number of anilines is 1. The Morgan fingerprint density at radius 1 is 1.29 bits per heavy atom. The van der Waals surface area contributed by atoms with Crippen molar-refractivity contribution in [1.29, 1.82) is 0 Å². The van der Waals surface area contributed by atoms with Gasteiger partial charge in [0.05, 0.1) is 23.9 Å². The van der Waals surface area contributed by atoms with Crippen LogP contribution in [0.1, 0.15) is 20.7 Å². The van der Waals surface area contributed by atoms with Gasteiger partial charge in [-0.2, -0.15) is 0 Å². The molecule has 0 aliphatic heterocycles. The summed E-state index contributed by atoms with van der Waals surface area (Å²) in [7, 11) is 1.16. The van der Waals surface area contributed by atoms with Crippen LogP contribution in [0, 0.1) is 5.82 Å². The standard InChI is InChI=1S/C14H10ClFN2O3/c1-21-14(20)10-7-8(16)4-5-11(10)18-13(19)9-3-2-6-17-12(9)15/h2-7H,1H3,(H,18,19). The molecule has 1 N–H and O–H groups in total. The number of methoxy groups -OCH3 is 1. The maximum absolute atomic E-state index is 13.2. The third-order valence-electron chi connectivity index (χ3n) is 2.64. The Morgan fingerprint density at radius 3 is 2.71 bits per heavy atom. The van der Waals surface area contributed by atoms with Gasteiger partial charge in [0.2, 0.25) is 0 Å². The minimum absolute atomic E-state index is 0.0247. The quantitative estimate of drug-likeness (QED) is 0.699. The van der Waals surface area contributed by atoms with Gasteiger partial charge in [0, 0.05) is 6.20 Å². The number of carbonyl (C=O) groups excluding carboxylic acids is 2. The van der Waals surface area contributed by atoms with E-state index in [0.717, 1.165) is 19.2 Å². The summed E-state index contributed by atoms with van der Waals surface area (Å²) in [4.78, 5) is 27.5. The van der Waals surface area contributed by atoms with Crippen molar-refractivity contribution in [3.05, 3.63) is 58.6 Å². The lowest BCUT2D eigenvalue weighted by atomic mass is 10.1. The molecule has 0 aliphatic rings. The number of esters is 1. The van der Waals surface area contributed by atoms with E-state index in [4.69, 9.17) is 11.6 Å². The molecule has 108 valence electrons. The van der Waals surface area contributed by atoms with Crippen molar-refractivity contribution in [1.82, 2.24) is 4.98 Å². The predicted octanol–water partition coefficient (Wildman–Crippen LogP) is 2.91. The fourth-order valence-electron chi connectivity index (χ4n) is 1.65. The minimum Gasteiger partial charge on any atom is -0.465 e. The normalized spacial score (nSPS) is 10.0. The van der Waals surface area contributed by atoms with E-state index in [0.29, 0.717) is 0 Å². The molecule has 1 aromatic carbocycles. The van der Waals surface area contributed by atoms with Crippen molar-refractivity contribution in [2.24, 2.45) is 0 Å². The Hall–Kier alpha value is -2.47. The van der Waals surface area contributed by atoms with Crippen LogP contribution in [0.5, 0.6) is 0 Å². The Bertz CT molecular complexity index is 706. The maximum atomic E-state index is 13.2. The molecule has 0 radical (unpaired) electrons. The van der Waals surface area contributed by atoms with Gasteiger partial charge < -0.3 is 10.1 Å². The molecular weight excluding hydrogens is 299 g/mol. The van der Waals surface area contributed by atoms with Crippen molar-refractivity contribution in [3.8, 4) is 0 Å². The topological polar surface area (TPSA) is 68.3 Å². The number of nitrogens with zero attached hydrogens (tertiary/aromatic N) is 1. The Balaban J connectivity index is 2.34. The largest absolute Gasteiger partial charge is 0.465 e. The molecule has 2 aromatic rings. The average molecular weight is 309 g/mol. The third-order valence-corrected chi connectivity index (χ3v) is 2.94. The molecule has 1 aromatic heterocycles. The number of rotatable bonds is 3. The van der Waals surface area contributed by atoms with Crippen LogP contribution in [0.4, 0.5) is 10.1 Å². The first-order chi connectivity index (χ1) is 10.0. The van der Waals surface area contributed by atoms with Gasteiger partial charge in [0.15, 0.2) is 0 Å². The molecule has 0 spiro atoms. The van der Waals surface area contributed by atoms with Crippen LogP contribution < -0.4 is 5.32 Å². The maximum Gasteiger partial charge on any atom is 0.340 e. The van der Waals surface area contributed by atoms with Gasteiger partial charge in [-0.3, -0.25) is 4.79 Å². The van der Waals surface area contributed by atoms with Gasteiger partial charge >= 0.3 is 5.97 Å². The molecule has 5 nitrogen and oxygen atoms in total. The highest BCUT2D eigenvalue weighted by Gasteiger charge is 2.17. The van der Waals surface area contributed by atoms with Crippen molar-refractivity contribution in [2.75, 3.05) is 12.4 Å². The van der Waals surface area contributed by atoms with Crippen LogP contribution in [-0.2, 0) is 4.74 Å². The zero-order valence-electron chi connectivity index (χ0n) is 10.9. The molecule has 0 atom stereocenters. The lowest BCUT2D eigenvalue weighted by Crippen LogP contribution is -2.16. The van der Waals surface area contributed by atoms with Crippen LogP contribution in [0.3, 0.4) is 0 Å². The van der Waals surface area contributed by atoms with Gasteiger partial charge in [-0.05, 0) is 30.3 Å². The highest BCUT2D eigenvalue weighted by atomic mass is 35.5. The molecule has 1 amide bonds. The van der Waals surface area contributed by atoms with Crippen LogP contribution in [-0.4, -0.2) is 24.0 Å². The second-order valence-electron chi connectivity index (χ2n) is 3.98. The Morgan fingerprint density at radius 2 is 2.05 bits per heavy atom. The van der Waals surface area contributed by atoms with E-state index in [2.05, 4.69) is 15.0 Å². The molecule has 7 heteroatoms. The first-order valence-corrected chi connectivity index (χ1v) is 6.20. The molecule has 0 bridgehead atoms. The van der Waals surface area contributed by atoms with E-state index in [1.165, 1.54) is 18.3 Å². The molecule has 0 fully saturated rings. The van der Waals surface area contributed by atoms with Gasteiger partial charge in [0.1, 0.15) is 11.0 Å². The number of ether oxygens (including phenoxy) is 1. The number of amides is 1. The molecule has 21 heavy (non-hydrogen) atoms. The average Bonchev–Trinajstić information content (AvgIpc) is 2.48. The van der Waals surface area contributed by atoms with Crippen molar-refractivity contribution in [3.63, 3.8) is 0 Å². The Labute approximate surface area is 124 Å². The van der Waals surface area contributed by atoms with Crippen molar-refractivity contribution < 1.29 is 18.7 Å². The molecular formula is C14H10ClFN2O3. The number of carbonyl (C=O) groups is 2. The molecule has 0 aliphatic carbocycles. The van der Waals surface area contributed by atoms with E-state index < -0.39 is 17.7 Å². The smallest absolute Gasteiger partial charge is 0.340 e. The summed E-state index contributed by atoms with van der Waals surface area (Å²) in [5.41, 5.74) is 0.165. The first-order valence-electron chi connectivity index (χ1n) is 5.82. The van der Waals surface area contributed by atoms with E-state index in [-0.39, 0.29) is 22.0 Å². The second-order valence-corrected chi connectivity index (χ2v) is 4.34. The van der Waals surface area contributed by atoms with Crippen LogP contribution in [0.15, 0.2) is 36.5 Å². The van der Waals surface area contributed by atoms with Crippen LogP contribution in [0.2, 0.25) is 5.15 Å². The number of nitrogens with one attached hydrogen (secondary N) is 1. The third kappa shape index (κ3) is 3.35. The Kier molecular flexibility index (Phi) is 4.49. The zero-order valence-corrected chi connectivity index (χ0v) is 11.6. The number of benzene rings is 1. The van der Waals surface area contributed by atoms with Crippen molar-refractivity contribution >= 4 is 29.2 Å². The minimum atomic E-state index is -0.762. The van der Waals surface area contributed by atoms with Gasteiger partial charge in [-0.15, -0.1) is 0 Å². The number of hydrogen-bond donors (Lipinski definition) is 1. The van der Waals surface area contributed by atoms with Crippen LogP contribution >= 0.6 is 11.6 Å². The second kappa shape index (κ2) is 6.32. The summed E-state index contributed by atoms with van der Waals surface area (Å²) in [5.74, 6) is -1.94. The summed E-state index contributed by atoms with van der Waals surface area (Å²) in [5, 5.41) is 2.50. The van der Waals surface area contributed by atoms with Crippen molar-refractivity contribution in [2.45, 2.75) is 0 Å².